The number of pyridine rings is 1. The molecule has 3 aromatic heterocycles. The molecule has 1 aromatic carbocycles. The van der Waals surface area contributed by atoms with Gasteiger partial charge in [-0.25, -0.2) is 28.7 Å². The standard InChI is InChI=1S/C32H39F2N9O2/c1-19(2)43-21(4)38-30-25(33)14-22(15-27(30)43)29-26(34)17-36-32(40-29)39-28-7-6-24(20(3)37-28)31(44)42-10-5-9-41(11-12-42)18-23-16-35-8-13-45-23/h6-7,14-15,17,19,23,35H,5,8-13,16,18H2,1-4H3,(H,36,37,39,40)/t23-/m0/s1. The molecule has 2 fully saturated rings. The van der Waals surface area contributed by atoms with Crippen molar-refractivity contribution < 1.29 is 18.3 Å². The molecule has 0 spiro atoms. The molecule has 6 rings (SSSR count). The normalized spacial score (nSPS) is 18.0. The van der Waals surface area contributed by atoms with Gasteiger partial charge in [0.25, 0.3) is 5.91 Å². The minimum atomic E-state index is -0.685. The lowest BCUT2D eigenvalue weighted by molar-refractivity contribution is 0.00630. The number of anilines is 2. The number of imidazole rings is 1. The highest BCUT2D eigenvalue weighted by molar-refractivity contribution is 5.95. The minimum Gasteiger partial charge on any atom is -0.374 e. The number of aryl methyl sites for hydroxylation is 2. The molecule has 13 heteroatoms. The van der Waals surface area contributed by atoms with E-state index < -0.39 is 11.6 Å². The third kappa shape index (κ3) is 6.65. The number of benzene rings is 1. The van der Waals surface area contributed by atoms with Crippen LogP contribution in [0.3, 0.4) is 0 Å². The van der Waals surface area contributed by atoms with Crippen molar-refractivity contribution >= 4 is 28.7 Å². The Kier molecular flexibility index (Phi) is 9.02. The van der Waals surface area contributed by atoms with E-state index in [2.05, 4.69) is 35.5 Å². The summed E-state index contributed by atoms with van der Waals surface area (Å²) in [5, 5.41) is 6.38. The zero-order valence-electron chi connectivity index (χ0n) is 26.1. The molecule has 45 heavy (non-hydrogen) atoms. The number of carbonyl (C=O) groups excluding carboxylic acids is 1. The number of nitrogens with one attached hydrogen (secondary N) is 2. The topological polar surface area (TPSA) is 113 Å². The Labute approximate surface area is 261 Å². The van der Waals surface area contributed by atoms with E-state index >= 15 is 4.39 Å². The summed E-state index contributed by atoms with van der Waals surface area (Å²) >= 11 is 0. The van der Waals surface area contributed by atoms with Crippen LogP contribution < -0.4 is 10.6 Å². The lowest BCUT2D eigenvalue weighted by atomic mass is 10.1. The summed E-state index contributed by atoms with van der Waals surface area (Å²) in [4.78, 5) is 35.1. The monoisotopic (exact) mass is 619 g/mol. The second-order valence-electron chi connectivity index (χ2n) is 11.9. The van der Waals surface area contributed by atoms with E-state index in [1.165, 1.54) is 6.07 Å². The predicted octanol–water partition coefficient (Wildman–Crippen LogP) is 4.24. The van der Waals surface area contributed by atoms with E-state index in [0.717, 1.165) is 51.9 Å². The molecule has 2 N–H and O–H groups in total. The van der Waals surface area contributed by atoms with Crippen LogP contribution >= 0.6 is 0 Å². The van der Waals surface area contributed by atoms with Crippen molar-refractivity contribution in [3.63, 3.8) is 0 Å². The molecule has 2 aliphatic heterocycles. The molecule has 0 saturated carbocycles. The number of fused-ring (bicyclic) bond motifs is 1. The highest BCUT2D eigenvalue weighted by Crippen LogP contribution is 2.30. The van der Waals surface area contributed by atoms with Gasteiger partial charge in [-0.15, -0.1) is 0 Å². The van der Waals surface area contributed by atoms with Gasteiger partial charge in [0, 0.05) is 50.9 Å². The molecule has 2 saturated heterocycles. The smallest absolute Gasteiger partial charge is 0.255 e. The third-order valence-corrected chi connectivity index (χ3v) is 8.36. The maximum Gasteiger partial charge on any atom is 0.255 e. The number of amides is 1. The summed E-state index contributed by atoms with van der Waals surface area (Å²) in [7, 11) is 0. The number of halogens is 2. The summed E-state index contributed by atoms with van der Waals surface area (Å²) in [5.41, 5.74) is 2.10. The Morgan fingerprint density at radius 2 is 1.93 bits per heavy atom. The number of hydrogen-bond donors (Lipinski definition) is 2. The minimum absolute atomic E-state index is 0.0365. The highest BCUT2D eigenvalue weighted by atomic mass is 19.1. The fourth-order valence-electron chi connectivity index (χ4n) is 6.21. The molecular formula is C32H39F2N9O2. The zero-order chi connectivity index (χ0) is 31.7. The molecular weight excluding hydrogens is 580 g/mol. The number of rotatable bonds is 7. The third-order valence-electron chi connectivity index (χ3n) is 8.36. The van der Waals surface area contributed by atoms with Crippen LogP contribution in [0.4, 0.5) is 20.5 Å². The van der Waals surface area contributed by atoms with E-state index in [0.29, 0.717) is 41.5 Å². The molecule has 238 valence electrons. The van der Waals surface area contributed by atoms with Gasteiger partial charge in [0.05, 0.1) is 35.7 Å². The van der Waals surface area contributed by atoms with Gasteiger partial charge in [-0.05, 0) is 64.9 Å². The van der Waals surface area contributed by atoms with Gasteiger partial charge in [-0.1, -0.05) is 0 Å². The van der Waals surface area contributed by atoms with Crippen molar-refractivity contribution in [2.45, 2.75) is 46.3 Å². The number of nitrogens with zero attached hydrogens (tertiary/aromatic N) is 7. The van der Waals surface area contributed by atoms with Crippen LogP contribution in [-0.4, -0.2) is 98.7 Å². The first kappa shape index (κ1) is 30.9. The van der Waals surface area contributed by atoms with Gasteiger partial charge in [0.2, 0.25) is 5.95 Å². The number of aromatic nitrogens is 5. The van der Waals surface area contributed by atoms with E-state index in [4.69, 9.17) is 4.74 Å². The Balaban J connectivity index is 1.16. The maximum absolute atomic E-state index is 15.1. The van der Waals surface area contributed by atoms with Crippen LogP contribution in [0.1, 0.15) is 48.2 Å². The molecule has 4 aromatic rings. The zero-order valence-corrected chi connectivity index (χ0v) is 26.1. The molecule has 1 atom stereocenters. The van der Waals surface area contributed by atoms with Crippen LogP contribution in [0.25, 0.3) is 22.3 Å². The fraction of sp³-hybridized carbons (Fsp3) is 0.469. The average molecular weight is 620 g/mol. The van der Waals surface area contributed by atoms with Crippen molar-refractivity contribution in [1.82, 2.24) is 39.6 Å². The molecule has 1 amide bonds. The van der Waals surface area contributed by atoms with Crippen molar-refractivity contribution in [3.8, 4) is 11.3 Å². The van der Waals surface area contributed by atoms with Crippen molar-refractivity contribution in [2.75, 3.05) is 57.7 Å². The predicted molar refractivity (Wildman–Crippen MR) is 168 cm³/mol. The van der Waals surface area contributed by atoms with E-state index in [-0.39, 0.29) is 40.8 Å². The Bertz CT molecular complexity index is 1700. The van der Waals surface area contributed by atoms with Gasteiger partial charge in [-0.2, -0.15) is 0 Å². The summed E-state index contributed by atoms with van der Waals surface area (Å²) in [5.74, 6) is -0.127. The molecule has 0 radical (unpaired) electrons. The van der Waals surface area contributed by atoms with Gasteiger partial charge in [0.15, 0.2) is 11.6 Å². The SMILES string of the molecule is Cc1nc(Nc2ncc(F)c(-c3cc(F)c4nc(C)n(C(C)C)c4c3)n2)ccc1C(=O)N1CCCN(C[C@@H]2CNCCO2)CC1. The largest absolute Gasteiger partial charge is 0.374 e. The summed E-state index contributed by atoms with van der Waals surface area (Å²) < 4.78 is 37.8. The van der Waals surface area contributed by atoms with Crippen LogP contribution in [-0.2, 0) is 4.74 Å². The second-order valence-corrected chi connectivity index (χ2v) is 11.9. The average Bonchev–Trinajstić information content (AvgIpc) is 3.19. The van der Waals surface area contributed by atoms with Crippen molar-refractivity contribution in [1.29, 1.82) is 0 Å². The second kappa shape index (κ2) is 13.1. The molecule has 0 unspecified atom stereocenters. The Morgan fingerprint density at radius 3 is 2.69 bits per heavy atom. The number of ether oxygens (including phenoxy) is 1. The summed E-state index contributed by atoms with van der Waals surface area (Å²) in [6, 6.07) is 6.38. The number of hydrogen-bond acceptors (Lipinski definition) is 9. The lowest BCUT2D eigenvalue weighted by Crippen LogP contribution is -2.46. The Morgan fingerprint density at radius 1 is 1.09 bits per heavy atom. The first-order chi connectivity index (χ1) is 21.7. The van der Waals surface area contributed by atoms with Gasteiger partial charge < -0.3 is 24.8 Å². The summed E-state index contributed by atoms with van der Waals surface area (Å²) in [6.45, 7) is 13.9. The molecule has 11 nitrogen and oxygen atoms in total. The first-order valence-corrected chi connectivity index (χ1v) is 15.5. The van der Waals surface area contributed by atoms with Crippen molar-refractivity contribution in [3.05, 3.63) is 59.2 Å². The Hall–Kier alpha value is -4.07. The first-order valence-electron chi connectivity index (χ1n) is 15.5. The van der Waals surface area contributed by atoms with E-state index in [9.17, 15) is 9.18 Å². The van der Waals surface area contributed by atoms with E-state index in [1.807, 2.05) is 30.2 Å². The van der Waals surface area contributed by atoms with Crippen LogP contribution in [0.2, 0.25) is 0 Å². The number of morpholine rings is 1. The van der Waals surface area contributed by atoms with Gasteiger partial charge >= 0.3 is 0 Å². The van der Waals surface area contributed by atoms with Crippen LogP contribution in [0.5, 0.6) is 0 Å². The molecule has 0 aliphatic carbocycles. The van der Waals surface area contributed by atoms with Gasteiger partial charge in [0.1, 0.15) is 22.9 Å². The van der Waals surface area contributed by atoms with Crippen LogP contribution in [0, 0.1) is 25.5 Å². The van der Waals surface area contributed by atoms with Gasteiger partial charge in [-0.3, -0.25) is 9.69 Å². The highest BCUT2D eigenvalue weighted by Gasteiger charge is 2.25. The number of carbonyl (C=O) groups is 1. The quantitative estimate of drug-likeness (QED) is 0.314. The lowest BCUT2D eigenvalue weighted by Gasteiger charge is -2.29. The van der Waals surface area contributed by atoms with Crippen molar-refractivity contribution in [2.24, 2.45) is 0 Å². The van der Waals surface area contributed by atoms with Crippen LogP contribution in [0.15, 0.2) is 30.5 Å². The molecule has 5 heterocycles. The fourth-order valence-corrected chi connectivity index (χ4v) is 6.21. The summed E-state index contributed by atoms with van der Waals surface area (Å²) in [6.07, 6.45) is 2.11. The van der Waals surface area contributed by atoms with E-state index in [1.54, 1.807) is 25.1 Å². The maximum atomic E-state index is 15.1. The molecule has 2 aliphatic rings. The molecule has 0 bridgehead atoms.